The van der Waals surface area contributed by atoms with Crippen LogP contribution in [0, 0.1) is 23.4 Å². The van der Waals surface area contributed by atoms with Gasteiger partial charge in [0.2, 0.25) is 0 Å². The summed E-state index contributed by atoms with van der Waals surface area (Å²) in [5.41, 5.74) is -0.0692. The quantitative estimate of drug-likeness (QED) is 0.246. The number of rotatable bonds is 16. The Morgan fingerprint density at radius 2 is 1.31 bits per heavy atom. The summed E-state index contributed by atoms with van der Waals surface area (Å²) < 4.78 is 50.8. The Morgan fingerprint density at radius 3 is 1.83 bits per heavy atom. The standard InChI is InChI=1S/C23H37F3O3/c1-4-5-6-7-8-10-13-18(23(27,28-2)29-3)14-11-9-12-15-20-21(25)16-19(24)17-22(20)26/h16-18,27H,4-15H2,1-3H3. The summed E-state index contributed by atoms with van der Waals surface area (Å²) in [6, 6.07) is 1.43. The van der Waals surface area contributed by atoms with Crippen molar-refractivity contribution in [2.24, 2.45) is 5.92 Å². The molecule has 1 N–H and O–H groups in total. The normalized spacial score (nSPS) is 13.1. The Kier molecular flexibility index (Phi) is 12.5. The van der Waals surface area contributed by atoms with E-state index < -0.39 is 23.4 Å². The van der Waals surface area contributed by atoms with Gasteiger partial charge >= 0.3 is 0 Å². The molecule has 1 aromatic carbocycles. The van der Waals surface area contributed by atoms with E-state index in [9.17, 15) is 18.3 Å². The van der Waals surface area contributed by atoms with Crippen molar-refractivity contribution in [1.82, 2.24) is 0 Å². The SMILES string of the molecule is CCCCCCCCC(CCCCCc1c(F)cc(F)cc1F)C(O)(OC)OC. The van der Waals surface area contributed by atoms with E-state index in [2.05, 4.69) is 6.92 Å². The first-order valence-corrected chi connectivity index (χ1v) is 10.8. The smallest absolute Gasteiger partial charge is 0.282 e. The minimum atomic E-state index is -1.61. The molecule has 0 heterocycles. The molecule has 6 heteroatoms. The first-order valence-electron chi connectivity index (χ1n) is 10.8. The third kappa shape index (κ3) is 9.06. The lowest BCUT2D eigenvalue weighted by molar-refractivity contribution is -0.369. The van der Waals surface area contributed by atoms with Gasteiger partial charge in [0.1, 0.15) is 17.5 Å². The lowest BCUT2D eigenvalue weighted by Gasteiger charge is -2.33. The third-order valence-electron chi connectivity index (χ3n) is 5.59. The van der Waals surface area contributed by atoms with Crippen molar-refractivity contribution in [2.45, 2.75) is 89.9 Å². The molecule has 0 fully saturated rings. The summed E-state index contributed by atoms with van der Waals surface area (Å²) in [5, 5.41) is 10.6. The molecule has 1 rings (SSSR count). The molecule has 0 saturated heterocycles. The molecule has 1 unspecified atom stereocenters. The second-order valence-corrected chi connectivity index (χ2v) is 7.74. The number of hydrogen-bond acceptors (Lipinski definition) is 3. The zero-order valence-electron chi connectivity index (χ0n) is 18.1. The Bertz CT molecular complexity index is 553. The average molecular weight is 419 g/mol. The van der Waals surface area contributed by atoms with Crippen molar-refractivity contribution >= 4 is 0 Å². The number of halogens is 3. The maximum absolute atomic E-state index is 13.7. The molecule has 1 atom stereocenters. The van der Waals surface area contributed by atoms with Gasteiger partial charge in [-0.15, -0.1) is 0 Å². The van der Waals surface area contributed by atoms with Crippen LogP contribution in [0.1, 0.15) is 83.1 Å². The summed E-state index contributed by atoms with van der Waals surface area (Å²) in [4.78, 5) is 0. The first kappa shape index (κ1) is 25.9. The van der Waals surface area contributed by atoms with Gasteiger partial charge in [0.05, 0.1) is 0 Å². The Hall–Kier alpha value is -1.11. The average Bonchev–Trinajstić information content (AvgIpc) is 2.69. The van der Waals surface area contributed by atoms with Crippen LogP contribution in [0.2, 0.25) is 0 Å². The van der Waals surface area contributed by atoms with E-state index >= 15 is 0 Å². The van der Waals surface area contributed by atoms with Crippen LogP contribution in [0.25, 0.3) is 0 Å². The van der Waals surface area contributed by atoms with Gasteiger partial charge in [0.25, 0.3) is 5.97 Å². The Labute approximate surface area is 173 Å². The summed E-state index contributed by atoms with van der Waals surface area (Å²) >= 11 is 0. The lowest BCUT2D eigenvalue weighted by atomic mass is 9.91. The fourth-order valence-corrected chi connectivity index (χ4v) is 3.78. The van der Waals surface area contributed by atoms with Gasteiger partial charge in [-0.1, -0.05) is 58.3 Å². The van der Waals surface area contributed by atoms with Crippen molar-refractivity contribution in [3.63, 3.8) is 0 Å². The number of ether oxygens (including phenoxy) is 2. The number of hydrogen-bond donors (Lipinski definition) is 1. The second-order valence-electron chi connectivity index (χ2n) is 7.74. The maximum atomic E-state index is 13.7. The zero-order valence-corrected chi connectivity index (χ0v) is 18.1. The molecule has 0 amide bonds. The summed E-state index contributed by atoms with van der Waals surface area (Å²) in [5.74, 6) is -4.35. The van der Waals surface area contributed by atoms with E-state index in [1.807, 2.05) is 0 Å². The summed E-state index contributed by atoms with van der Waals surface area (Å²) in [6.45, 7) is 2.19. The van der Waals surface area contributed by atoms with Crippen molar-refractivity contribution in [3.8, 4) is 0 Å². The number of aliphatic hydroxyl groups is 1. The highest BCUT2D eigenvalue weighted by molar-refractivity contribution is 5.20. The number of benzene rings is 1. The van der Waals surface area contributed by atoms with Gasteiger partial charge in [0.15, 0.2) is 0 Å². The van der Waals surface area contributed by atoms with Crippen molar-refractivity contribution < 1.29 is 27.8 Å². The van der Waals surface area contributed by atoms with Gasteiger partial charge in [-0.05, 0) is 25.7 Å². The van der Waals surface area contributed by atoms with Gasteiger partial charge in [-0.25, -0.2) is 13.2 Å². The van der Waals surface area contributed by atoms with E-state index in [-0.39, 0.29) is 17.9 Å². The van der Waals surface area contributed by atoms with Gasteiger partial charge in [0, 0.05) is 37.8 Å². The molecule has 0 spiro atoms. The highest BCUT2D eigenvalue weighted by Crippen LogP contribution is 2.30. The van der Waals surface area contributed by atoms with E-state index in [4.69, 9.17) is 9.47 Å². The first-order chi connectivity index (χ1) is 13.9. The minimum Gasteiger partial charge on any atom is -0.343 e. The molecule has 0 saturated carbocycles. The van der Waals surface area contributed by atoms with Crippen LogP contribution in [0.4, 0.5) is 13.2 Å². The van der Waals surface area contributed by atoms with Crippen LogP contribution in [0.15, 0.2) is 12.1 Å². The monoisotopic (exact) mass is 418 g/mol. The van der Waals surface area contributed by atoms with Crippen LogP contribution >= 0.6 is 0 Å². The molecule has 3 nitrogen and oxygen atoms in total. The molecule has 29 heavy (non-hydrogen) atoms. The predicted molar refractivity (Wildman–Crippen MR) is 109 cm³/mol. The van der Waals surface area contributed by atoms with Crippen molar-refractivity contribution in [2.75, 3.05) is 14.2 Å². The zero-order chi connectivity index (χ0) is 21.7. The Morgan fingerprint density at radius 1 is 0.828 bits per heavy atom. The molecular formula is C23H37F3O3. The van der Waals surface area contributed by atoms with Crippen LogP contribution in [-0.4, -0.2) is 25.3 Å². The van der Waals surface area contributed by atoms with E-state index in [0.717, 1.165) is 32.1 Å². The molecule has 0 aromatic heterocycles. The van der Waals surface area contributed by atoms with Crippen molar-refractivity contribution in [3.05, 3.63) is 35.1 Å². The Balaban J connectivity index is 2.45. The van der Waals surface area contributed by atoms with E-state index in [0.29, 0.717) is 25.0 Å². The third-order valence-corrected chi connectivity index (χ3v) is 5.59. The second kappa shape index (κ2) is 14.0. The van der Waals surface area contributed by atoms with Gasteiger partial charge in [-0.3, -0.25) is 0 Å². The largest absolute Gasteiger partial charge is 0.343 e. The predicted octanol–water partition coefficient (Wildman–Crippen LogP) is 6.51. The summed E-state index contributed by atoms with van der Waals surface area (Å²) in [7, 11) is 2.86. The maximum Gasteiger partial charge on any atom is 0.282 e. The van der Waals surface area contributed by atoms with Crippen LogP contribution < -0.4 is 0 Å². The molecule has 0 bridgehead atoms. The molecule has 1 aromatic rings. The number of methoxy groups -OCH3 is 2. The fraction of sp³-hybridized carbons (Fsp3) is 0.739. The van der Waals surface area contributed by atoms with Gasteiger partial charge in [-0.2, -0.15) is 0 Å². The van der Waals surface area contributed by atoms with Crippen LogP contribution in [0.3, 0.4) is 0 Å². The fourth-order valence-electron chi connectivity index (χ4n) is 3.78. The molecule has 0 aliphatic heterocycles. The lowest BCUT2D eigenvalue weighted by Crippen LogP contribution is -2.42. The highest BCUT2D eigenvalue weighted by atomic mass is 19.1. The molecule has 0 radical (unpaired) electrons. The van der Waals surface area contributed by atoms with Crippen LogP contribution in [0.5, 0.6) is 0 Å². The topological polar surface area (TPSA) is 38.7 Å². The number of unbranched alkanes of at least 4 members (excludes halogenated alkanes) is 7. The highest BCUT2D eigenvalue weighted by Gasteiger charge is 2.36. The molecule has 168 valence electrons. The van der Waals surface area contributed by atoms with Crippen molar-refractivity contribution in [1.29, 1.82) is 0 Å². The molecule has 0 aliphatic rings. The van der Waals surface area contributed by atoms with Gasteiger partial charge < -0.3 is 14.6 Å². The van der Waals surface area contributed by atoms with E-state index in [1.54, 1.807) is 0 Å². The summed E-state index contributed by atoms with van der Waals surface area (Å²) in [6.07, 6.45) is 10.8. The minimum absolute atomic E-state index is 0.0692. The van der Waals surface area contributed by atoms with Crippen LogP contribution in [-0.2, 0) is 15.9 Å². The van der Waals surface area contributed by atoms with E-state index in [1.165, 1.54) is 39.9 Å². The molecular weight excluding hydrogens is 381 g/mol. The molecule has 0 aliphatic carbocycles.